The summed E-state index contributed by atoms with van der Waals surface area (Å²) >= 11 is 12.2. The van der Waals surface area contributed by atoms with Gasteiger partial charge >= 0.3 is 0 Å². The summed E-state index contributed by atoms with van der Waals surface area (Å²) in [5.41, 5.74) is 1.86. The van der Waals surface area contributed by atoms with Gasteiger partial charge in [-0.3, -0.25) is 4.79 Å². The quantitative estimate of drug-likeness (QED) is 0.718. The first-order valence-corrected chi connectivity index (χ1v) is 8.92. The van der Waals surface area contributed by atoms with Gasteiger partial charge in [0, 0.05) is 12.1 Å². The summed E-state index contributed by atoms with van der Waals surface area (Å²) in [6.45, 7) is 1.36. The van der Waals surface area contributed by atoms with E-state index in [9.17, 15) is 4.79 Å². The monoisotopic (exact) mass is 397 g/mol. The number of nitrogens with one attached hydrogen (secondary N) is 2. The van der Waals surface area contributed by atoms with Gasteiger partial charge in [0.25, 0.3) is 5.91 Å². The second-order valence-corrected chi connectivity index (χ2v) is 6.77. The number of amides is 1. The van der Waals surface area contributed by atoms with Crippen LogP contribution in [0.4, 0.5) is 0 Å². The molecule has 1 amide bonds. The maximum Gasteiger partial charge on any atom is 0.275 e. The number of hydrogen-bond acceptors (Lipinski definition) is 3. The summed E-state index contributed by atoms with van der Waals surface area (Å²) < 4.78 is 10.5. The molecule has 0 saturated heterocycles. The van der Waals surface area contributed by atoms with E-state index in [-0.39, 0.29) is 5.91 Å². The summed E-state index contributed by atoms with van der Waals surface area (Å²) in [6, 6.07) is 11.1. The minimum absolute atomic E-state index is 0.0459. The van der Waals surface area contributed by atoms with Crippen LogP contribution in [0.5, 0.6) is 11.5 Å². The molecule has 5 nitrogen and oxygen atoms in total. The normalized spacial score (nSPS) is 11.7. The van der Waals surface area contributed by atoms with Crippen molar-refractivity contribution in [3.05, 3.63) is 57.6 Å². The molecule has 0 aliphatic heterocycles. The minimum atomic E-state index is -0.0459. The maximum atomic E-state index is 12.2. The van der Waals surface area contributed by atoms with Gasteiger partial charge < -0.3 is 19.7 Å². The number of carbonyl (C=O) groups is 1. The van der Waals surface area contributed by atoms with E-state index < -0.39 is 0 Å². The van der Waals surface area contributed by atoms with E-state index in [0.717, 1.165) is 16.0 Å². The average Bonchev–Trinajstić information content (AvgIpc) is 2.63. The predicted molar refractivity (Wildman–Crippen MR) is 103 cm³/mol. The molecule has 0 radical (unpaired) electrons. The van der Waals surface area contributed by atoms with Crippen molar-refractivity contribution in [2.24, 2.45) is 0 Å². The highest BCUT2D eigenvalue weighted by Crippen LogP contribution is 2.27. The van der Waals surface area contributed by atoms with Crippen LogP contribution in [0, 0.1) is 0 Å². The van der Waals surface area contributed by atoms with Crippen LogP contribution in [0.25, 0.3) is 0 Å². The Morgan fingerprint density at radius 1 is 1.12 bits per heavy atom. The molecule has 0 heterocycles. The van der Waals surface area contributed by atoms with Gasteiger partial charge in [0.05, 0.1) is 31.3 Å². The molecule has 2 rings (SSSR count). The van der Waals surface area contributed by atoms with Crippen molar-refractivity contribution in [3.63, 3.8) is 0 Å². The summed E-state index contributed by atoms with van der Waals surface area (Å²) in [7, 11) is 5.11. The number of methoxy groups -OCH3 is 2. The van der Waals surface area contributed by atoms with Crippen LogP contribution in [-0.4, -0.2) is 33.7 Å². The van der Waals surface area contributed by atoms with Gasteiger partial charge in [-0.05, 0) is 23.8 Å². The number of benzene rings is 2. The number of hydrogen-bond donors (Lipinski definition) is 2. The van der Waals surface area contributed by atoms with Crippen molar-refractivity contribution in [3.8, 4) is 11.5 Å². The number of halogens is 2. The van der Waals surface area contributed by atoms with Gasteiger partial charge in [-0.2, -0.15) is 0 Å². The second kappa shape index (κ2) is 9.67. The molecule has 1 atom stereocenters. The van der Waals surface area contributed by atoms with E-state index in [1.807, 2.05) is 37.4 Å². The maximum absolute atomic E-state index is 12.2. The lowest BCUT2D eigenvalue weighted by molar-refractivity contribution is -0.885. The standard InChI is InChI=1S/C19H22Cl2N2O3/c1-23(11-14-5-4-6-15(20)19(14)21)12-18(24)22-10-13-7-8-16(25-2)17(9-13)26-3/h4-9H,10-12H2,1-3H3,(H,22,24)/p+1. The molecule has 0 aliphatic rings. The van der Waals surface area contributed by atoms with Gasteiger partial charge in [0.1, 0.15) is 6.54 Å². The third-order valence-electron chi connectivity index (χ3n) is 3.92. The first-order chi connectivity index (χ1) is 12.4. The molecule has 26 heavy (non-hydrogen) atoms. The van der Waals surface area contributed by atoms with E-state index in [1.165, 1.54) is 0 Å². The molecule has 2 aromatic carbocycles. The van der Waals surface area contributed by atoms with Crippen molar-refractivity contribution in [1.29, 1.82) is 0 Å². The summed E-state index contributed by atoms with van der Waals surface area (Å²) in [6.07, 6.45) is 0. The van der Waals surface area contributed by atoms with E-state index >= 15 is 0 Å². The smallest absolute Gasteiger partial charge is 0.275 e. The van der Waals surface area contributed by atoms with E-state index in [1.54, 1.807) is 20.3 Å². The number of rotatable bonds is 8. The Balaban J connectivity index is 1.87. The number of likely N-dealkylation sites (N-methyl/N-ethyl adjacent to an activating group) is 1. The summed E-state index contributed by atoms with van der Waals surface area (Å²) in [5.74, 6) is 1.25. The van der Waals surface area contributed by atoms with E-state index in [2.05, 4.69) is 5.32 Å². The Morgan fingerprint density at radius 2 is 1.85 bits per heavy atom. The average molecular weight is 398 g/mol. The van der Waals surface area contributed by atoms with Crippen LogP contribution in [0.3, 0.4) is 0 Å². The summed E-state index contributed by atoms with van der Waals surface area (Å²) in [4.78, 5) is 13.2. The van der Waals surface area contributed by atoms with Crippen LogP contribution in [0.2, 0.25) is 10.0 Å². The molecule has 140 valence electrons. The highest BCUT2D eigenvalue weighted by molar-refractivity contribution is 6.42. The fraction of sp³-hybridized carbons (Fsp3) is 0.316. The van der Waals surface area contributed by atoms with Gasteiger partial charge in [-0.1, -0.05) is 41.4 Å². The van der Waals surface area contributed by atoms with Crippen molar-refractivity contribution < 1.29 is 19.2 Å². The van der Waals surface area contributed by atoms with Crippen molar-refractivity contribution in [2.45, 2.75) is 13.1 Å². The molecule has 1 unspecified atom stereocenters. The van der Waals surface area contributed by atoms with Crippen molar-refractivity contribution in [2.75, 3.05) is 27.8 Å². The lowest BCUT2D eigenvalue weighted by Crippen LogP contribution is -3.08. The number of quaternary nitrogens is 1. The predicted octanol–water partition coefficient (Wildman–Crippen LogP) is 2.34. The van der Waals surface area contributed by atoms with E-state index in [4.69, 9.17) is 32.7 Å². The third-order valence-corrected chi connectivity index (χ3v) is 4.78. The zero-order valence-corrected chi connectivity index (χ0v) is 16.6. The Kier molecular flexibility index (Phi) is 7.57. The molecule has 0 spiro atoms. The lowest BCUT2D eigenvalue weighted by atomic mass is 10.2. The highest BCUT2D eigenvalue weighted by atomic mass is 35.5. The Labute approximate surface area is 163 Å². The molecule has 0 fully saturated rings. The Morgan fingerprint density at radius 3 is 2.54 bits per heavy atom. The van der Waals surface area contributed by atoms with Crippen LogP contribution in [0.1, 0.15) is 11.1 Å². The fourth-order valence-corrected chi connectivity index (χ4v) is 2.99. The van der Waals surface area contributed by atoms with Crippen molar-refractivity contribution >= 4 is 29.1 Å². The topological polar surface area (TPSA) is 52.0 Å². The van der Waals surface area contributed by atoms with Crippen LogP contribution in [0.15, 0.2) is 36.4 Å². The zero-order valence-electron chi connectivity index (χ0n) is 15.1. The van der Waals surface area contributed by atoms with Gasteiger partial charge in [-0.25, -0.2) is 0 Å². The van der Waals surface area contributed by atoms with Crippen molar-refractivity contribution in [1.82, 2.24) is 5.32 Å². The molecular weight excluding hydrogens is 375 g/mol. The highest BCUT2D eigenvalue weighted by Gasteiger charge is 2.14. The first kappa shape index (κ1) is 20.4. The second-order valence-electron chi connectivity index (χ2n) is 5.99. The Hall–Kier alpha value is -1.95. The molecular formula is C19H23Cl2N2O3+. The summed E-state index contributed by atoms with van der Waals surface area (Å²) in [5, 5.41) is 3.98. The largest absolute Gasteiger partial charge is 0.493 e. The first-order valence-electron chi connectivity index (χ1n) is 8.16. The molecule has 2 aromatic rings. The molecule has 0 saturated carbocycles. The van der Waals surface area contributed by atoms with Gasteiger partial charge in [-0.15, -0.1) is 0 Å². The third kappa shape index (κ3) is 5.53. The number of carbonyl (C=O) groups excluding carboxylic acids is 1. The van der Waals surface area contributed by atoms with Crippen LogP contribution in [-0.2, 0) is 17.9 Å². The number of ether oxygens (including phenoxy) is 2. The SMILES string of the molecule is COc1ccc(CNC(=O)C[NH+](C)Cc2cccc(Cl)c2Cl)cc1OC. The van der Waals surface area contributed by atoms with Gasteiger partial charge in [0.2, 0.25) is 0 Å². The lowest BCUT2D eigenvalue weighted by Gasteiger charge is -2.15. The molecule has 0 aliphatic carbocycles. The molecule has 0 bridgehead atoms. The van der Waals surface area contributed by atoms with Crippen LogP contribution >= 0.6 is 23.2 Å². The van der Waals surface area contributed by atoms with Gasteiger partial charge in [0.15, 0.2) is 18.0 Å². The van der Waals surface area contributed by atoms with Crippen LogP contribution < -0.4 is 19.7 Å². The zero-order chi connectivity index (χ0) is 19.1. The minimum Gasteiger partial charge on any atom is -0.493 e. The molecule has 2 N–H and O–H groups in total. The van der Waals surface area contributed by atoms with E-state index in [0.29, 0.717) is 41.2 Å². The Bertz CT molecular complexity index is 768. The molecule has 0 aromatic heterocycles. The fourth-order valence-electron chi connectivity index (χ4n) is 2.60. The molecule has 7 heteroatoms.